The second-order valence-electron chi connectivity index (χ2n) is 10.6. The van der Waals surface area contributed by atoms with Crippen molar-refractivity contribution in [3.63, 3.8) is 0 Å². The zero-order valence-corrected chi connectivity index (χ0v) is 22.5. The highest BCUT2D eigenvalue weighted by molar-refractivity contribution is 6.30. The highest BCUT2D eigenvalue weighted by Crippen LogP contribution is 2.50. The van der Waals surface area contributed by atoms with Crippen LogP contribution in [0.3, 0.4) is 0 Å². The Bertz CT molecular complexity index is 1330. The number of aliphatic hydroxyl groups is 1. The summed E-state index contributed by atoms with van der Waals surface area (Å²) >= 11 is 5.93. The van der Waals surface area contributed by atoms with Crippen molar-refractivity contribution < 1.29 is 28.5 Å². The molecule has 6 rings (SSSR count). The maximum Gasteiger partial charge on any atom is 0.273 e. The average molecular weight is 556 g/mol. The molecule has 10 heteroatoms. The van der Waals surface area contributed by atoms with Gasteiger partial charge in [0.25, 0.3) is 5.91 Å². The summed E-state index contributed by atoms with van der Waals surface area (Å²) in [7, 11) is 3.48. The third kappa shape index (κ3) is 4.72. The van der Waals surface area contributed by atoms with Crippen LogP contribution in [0, 0.1) is 5.82 Å². The van der Waals surface area contributed by atoms with Crippen molar-refractivity contribution in [2.75, 3.05) is 20.7 Å². The molecule has 39 heavy (non-hydrogen) atoms. The Balaban J connectivity index is 1.33. The molecule has 1 aliphatic carbocycles. The molecule has 1 saturated carbocycles. The number of carbonyl (C=O) groups excluding carboxylic acids is 1. The Morgan fingerprint density at radius 1 is 1.21 bits per heavy atom. The van der Waals surface area contributed by atoms with E-state index in [9.17, 15) is 14.3 Å². The Kier molecular flexibility index (Phi) is 6.89. The lowest BCUT2D eigenvalue weighted by Crippen LogP contribution is -2.68. The van der Waals surface area contributed by atoms with Gasteiger partial charge in [0.1, 0.15) is 36.6 Å². The van der Waals surface area contributed by atoms with Crippen LogP contribution in [-0.4, -0.2) is 71.6 Å². The number of fused-ring (bicyclic) bond motifs is 3. The number of nitrogens with zero attached hydrogens (tertiary/aromatic N) is 2. The molecule has 2 saturated heterocycles. The largest absolute Gasteiger partial charge is 0.488 e. The van der Waals surface area contributed by atoms with E-state index in [4.69, 9.17) is 25.8 Å². The first-order chi connectivity index (χ1) is 18.8. The van der Waals surface area contributed by atoms with Crippen molar-refractivity contribution in [3.8, 4) is 0 Å². The molecule has 1 amide bonds. The summed E-state index contributed by atoms with van der Waals surface area (Å²) < 4.78 is 32.4. The van der Waals surface area contributed by atoms with Gasteiger partial charge in [0.2, 0.25) is 0 Å². The molecule has 1 spiro atoms. The van der Waals surface area contributed by atoms with Gasteiger partial charge in [0, 0.05) is 44.6 Å². The van der Waals surface area contributed by atoms with E-state index in [1.165, 1.54) is 6.07 Å². The van der Waals surface area contributed by atoms with Crippen LogP contribution in [0.5, 0.6) is 0 Å². The predicted molar refractivity (Wildman–Crippen MR) is 141 cm³/mol. The molecule has 3 aliphatic heterocycles. The number of nitrogens with one attached hydrogen (secondary N) is 1. The van der Waals surface area contributed by atoms with E-state index in [1.54, 1.807) is 31.2 Å². The minimum Gasteiger partial charge on any atom is -0.488 e. The number of piperazine rings is 1. The monoisotopic (exact) mass is 555 g/mol. The lowest BCUT2D eigenvalue weighted by atomic mass is 9.71. The maximum atomic E-state index is 14.5. The van der Waals surface area contributed by atoms with Crippen LogP contribution >= 0.6 is 11.6 Å². The number of ether oxygens (including phenoxy) is 3. The molecule has 3 heterocycles. The molecule has 0 radical (unpaired) electrons. The van der Waals surface area contributed by atoms with Crippen LogP contribution in [0.1, 0.15) is 24.0 Å². The Hall–Kier alpha value is -2.95. The fourth-order valence-corrected chi connectivity index (χ4v) is 6.05. The Labute approximate surface area is 231 Å². The molecule has 2 N–H and O–H groups in total. The Morgan fingerprint density at radius 2 is 1.97 bits per heavy atom. The summed E-state index contributed by atoms with van der Waals surface area (Å²) in [6.07, 6.45) is 1.15. The maximum absolute atomic E-state index is 14.5. The Morgan fingerprint density at radius 3 is 2.72 bits per heavy atom. The second kappa shape index (κ2) is 10.2. The van der Waals surface area contributed by atoms with Crippen LogP contribution in [-0.2, 0) is 32.2 Å². The van der Waals surface area contributed by atoms with Crippen molar-refractivity contribution in [1.29, 1.82) is 0 Å². The van der Waals surface area contributed by atoms with Gasteiger partial charge in [-0.3, -0.25) is 10.1 Å². The summed E-state index contributed by atoms with van der Waals surface area (Å²) in [4.78, 5) is 17.3. The number of carbonyl (C=O) groups is 1. The first kappa shape index (κ1) is 26.3. The third-order valence-electron chi connectivity index (χ3n) is 8.04. The first-order valence-corrected chi connectivity index (χ1v) is 13.4. The lowest BCUT2D eigenvalue weighted by Gasteiger charge is -2.58. The van der Waals surface area contributed by atoms with Gasteiger partial charge in [-0.2, -0.15) is 0 Å². The average Bonchev–Trinajstić information content (AvgIpc) is 3.71. The normalized spacial score (nSPS) is 28.4. The third-order valence-corrected chi connectivity index (χ3v) is 8.33. The molecule has 8 nitrogen and oxygen atoms in total. The standard InChI is InChI=1S/C29H31ClFN3O5/c1-33-16-29(11-19(12-29)37-2)34-14-20(27(35)32-13-18-9-6-10-21(30)22(18)31)24-26(39-24)25(23(34)28(33)36)38-15-17-7-4-3-5-8-17/h3-10,14,19,24,26-27,32,35H,11-13,15-16H2,1-2H3. The number of likely N-dealkylation sites (N-methyl/N-ethyl adjacent to an activating group) is 1. The summed E-state index contributed by atoms with van der Waals surface area (Å²) in [6, 6.07) is 14.5. The fourth-order valence-electron chi connectivity index (χ4n) is 5.86. The summed E-state index contributed by atoms with van der Waals surface area (Å²) in [6.45, 7) is 0.839. The summed E-state index contributed by atoms with van der Waals surface area (Å²) in [5.41, 5.74) is 1.87. The second-order valence-corrected chi connectivity index (χ2v) is 11.0. The van der Waals surface area contributed by atoms with E-state index in [1.807, 2.05) is 41.4 Å². The minimum atomic E-state index is -1.15. The molecular weight excluding hydrogens is 525 g/mol. The quantitative estimate of drug-likeness (QED) is 0.382. The molecule has 2 aromatic rings. The first-order valence-electron chi connectivity index (χ1n) is 13.0. The molecule has 4 aliphatic rings. The predicted octanol–water partition coefficient (Wildman–Crippen LogP) is 3.30. The number of rotatable bonds is 8. The van der Waals surface area contributed by atoms with Gasteiger partial charge in [-0.25, -0.2) is 4.39 Å². The molecular formula is C29H31ClFN3O5. The zero-order valence-electron chi connectivity index (χ0n) is 21.8. The van der Waals surface area contributed by atoms with Crippen LogP contribution in [0.2, 0.25) is 5.02 Å². The minimum absolute atomic E-state index is 0.0210. The molecule has 3 unspecified atom stereocenters. The summed E-state index contributed by atoms with van der Waals surface area (Å²) in [5.74, 6) is -0.238. The number of benzene rings is 2. The van der Waals surface area contributed by atoms with Crippen molar-refractivity contribution in [2.45, 2.75) is 56.1 Å². The van der Waals surface area contributed by atoms with Gasteiger partial charge in [0.15, 0.2) is 5.76 Å². The lowest BCUT2D eigenvalue weighted by molar-refractivity contribution is -0.145. The van der Waals surface area contributed by atoms with Gasteiger partial charge in [-0.05, 0) is 24.5 Å². The molecule has 3 fully saturated rings. The van der Waals surface area contributed by atoms with Crippen LogP contribution in [0.25, 0.3) is 0 Å². The van der Waals surface area contributed by atoms with Crippen molar-refractivity contribution in [1.82, 2.24) is 15.1 Å². The van der Waals surface area contributed by atoms with Crippen LogP contribution in [0.15, 0.2) is 71.8 Å². The van der Waals surface area contributed by atoms with E-state index in [2.05, 4.69) is 5.32 Å². The van der Waals surface area contributed by atoms with E-state index >= 15 is 0 Å². The van der Waals surface area contributed by atoms with Gasteiger partial charge in [-0.1, -0.05) is 54.1 Å². The van der Waals surface area contributed by atoms with Crippen molar-refractivity contribution >= 4 is 17.5 Å². The topological polar surface area (TPSA) is 86.8 Å². The SMILES string of the molecule is COC1CC2(C1)CN(C)C(=O)C1=C(OCc3ccccc3)C3OC3C(C(O)NCc3cccc(Cl)c3F)=CN12. The number of hydrogen-bond donors (Lipinski definition) is 2. The van der Waals surface area contributed by atoms with E-state index in [0.29, 0.717) is 42.0 Å². The van der Waals surface area contributed by atoms with Gasteiger partial charge in [-0.15, -0.1) is 0 Å². The van der Waals surface area contributed by atoms with Gasteiger partial charge < -0.3 is 29.1 Å². The molecule has 2 aromatic carbocycles. The number of halogens is 2. The number of epoxide rings is 1. The zero-order chi connectivity index (χ0) is 27.3. The van der Waals surface area contributed by atoms with E-state index in [0.717, 1.165) is 5.56 Å². The van der Waals surface area contributed by atoms with Crippen molar-refractivity contribution in [3.05, 3.63) is 93.7 Å². The molecule has 3 atom stereocenters. The van der Waals surface area contributed by atoms with Gasteiger partial charge >= 0.3 is 0 Å². The number of aliphatic hydroxyl groups excluding tert-OH is 1. The number of hydrogen-bond acceptors (Lipinski definition) is 7. The van der Waals surface area contributed by atoms with E-state index < -0.39 is 29.8 Å². The van der Waals surface area contributed by atoms with Crippen LogP contribution < -0.4 is 5.32 Å². The van der Waals surface area contributed by atoms with Crippen molar-refractivity contribution in [2.24, 2.45) is 0 Å². The fraction of sp³-hybridized carbons (Fsp3) is 0.414. The van der Waals surface area contributed by atoms with E-state index in [-0.39, 0.29) is 30.2 Å². The molecule has 0 aromatic heterocycles. The summed E-state index contributed by atoms with van der Waals surface area (Å²) in [5, 5.41) is 14.3. The molecule has 206 valence electrons. The number of amides is 1. The number of methoxy groups -OCH3 is 1. The van der Waals surface area contributed by atoms with Crippen LogP contribution in [0.4, 0.5) is 4.39 Å². The highest BCUT2D eigenvalue weighted by atomic mass is 35.5. The van der Waals surface area contributed by atoms with Gasteiger partial charge in [0.05, 0.1) is 16.7 Å². The molecule has 0 bridgehead atoms. The smallest absolute Gasteiger partial charge is 0.273 e. The highest BCUT2D eigenvalue weighted by Gasteiger charge is 2.60.